The average molecular weight is 427 g/mol. The molecule has 1 saturated carbocycles. The first-order chi connectivity index (χ1) is 14.2. The predicted molar refractivity (Wildman–Crippen MR) is 116 cm³/mol. The van der Waals surface area contributed by atoms with Crippen molar-refractivity contribution in [2.24, 2.45) is 17.8 Å². The van der Waals surface area contributed by atoms with E-state index in [1.807, 2.05) is 6.08 Å². The van der Waals surface area contributed by atoms with E-state index < -0.39 is 22.9 Å². The zero-order valence-electron chi connectivity index (χ0n) is 18.5. The molecule has 1 aromatic rings. The number of hydrogen-bond acceptors (Lipinski definition) is 6. The largest absolute Gasteiger partial charge is 0.469 e. The average Bonchev–Trinajstić information content (AvgIpc) is 2.97. The van der Waals surface area contributed by atoms with Gasteiger partial charge in [-0.15, -0.1) is 6.58 Å². The molecule has 1 radical (unpaired) electrons. The first kappa shape index (κ1) is 20.0. The molecule has 0 N–H and O–H groups in total. The molecule has 6 atom stereocenters. The molecule has 0 spiro atoms. The fourth-order valence-corrected chi connectivity index (χ4v) is 5.28. The smallest absolute Gasteiger partial charge is 0.351 e. The fraction of sp³-hybridized carbons (Fsp3) is 0.667. The van der Waals surface area contributed by atoms with E-state index in [1.54, 1.807) is 13.8 Å². The standard InChI is InChI=1S/C18H28BN3O4PS/c1-5-6-7-14-10-15(8-9-28(25)27-19)17(11(14)2)26-18-16(22(23)24)12(3)20-13(4)21-18/h5,11,14-15,17,19,27H,1,6-10H2,2-4H3/t11-,14+,15+,17-,27?,28?/m1/s1/i19T,27D. The Labute approximate surface area is 174 Å². The summed E-state index contributed by atoms with van der Waals surface area (Å²) in [6.07, 6.45) is 4.83. The van der Waals surface area contributed by atoms with Crippen molar-refractivity contribution >= 4 is 31.2 Å². The Hall–Kier alpha value is -1.34. The number of nitrogens with zero attached hydrogens (tertiary/aromatic N) is 3. The highest BCUT2D eigenvalue weighted by atomic mass is 32.7. The van der Waals surface area contributed by atoms with Crippen LogP contribution in [0.15, 0.2) is 12.7 Å². The normalized spacial score (nSPS) is 27.4. The summed E-state index contributed by atoms with van der Waals surface area (Å²) in [7, 11) is -2.12. The van der Waals surface area contributed by atoms with Gasteiger partial charge < -0.3 is 4.74 Å². The van der Waals surface area contributed by atoms with Gasteiger partial charge in [0, 0.05) is 16.2 Å². The van der Waals surface area contributed by atoms with Gasteiger partial charge in [0.1, 0.15) is 25.2 Å². The van der Waals surface area contributed by atoms with Crippen molar-refractivity contribution in [2.75, 3.05) is 5.75 Å². The number of aryl methyl sites for hydroxylation is 2. The molecular weight excluding hydrogens is 396 g/mol. The highest BCUT2D eigenvalue weighted by Gasteiger charge is 2.43. The SMILES string of the molecule is [2H]P([B][3H])S(=O)CC[C@H]1C[C@H](CCC=C)[C@@H](C)[C@H]1Oc1nc(C)nc(C)c1[N+](=O)[O-]. The Morgan fingerprint density at radius 3 is 2.93 bits per heavy atom. The molecule has 28 heavy (non-hydrogen) atoms. The summed E-state index contributed by atoms with van der Waals surface area (Å²) in [5.41, 5.74) is 0.0444. The number of rotatable bonds is 11. The lowest BCUT2D eigenvalue weighted by Gasteiger charge is -2.24. The lowest BCUT2D eigenvalue weighted by Crippen LogP contribution is -2.29. The van der Waals surface area contributed by atoms with E-state index in [4.69, 9.17) is 7.35 Å². The van der Waals surface area contributed by atoms with E-state index in [1.165, 1.54) is 0 Å². The van der Waals surface area contributed by atoms with Crippen molar-refractivity contribution in [2.45, 2.75) is 52.6 Å². The fourth-order valence-electron chi connectivity index (χ4n) is 4.04. The highest BCUT2D eigenvalue weighted by molar-refractivity contribution is 8.46. The minimum atomic E-state index is -1.68. The van der Waals surface area contributed by atoms with E-state index in [2.05, 4.69) is 23.5 Å². The predicted octanol–water partition coefficient (Wildman–Crippen LogP) is 3.54. The molecule has 1 aliphatic carbocycles. The van der Waals surface area contributed by atoms with Gasteiger partial charge in [-0.3, -0.25) is 14.3 Å². The third-order valence-electron chi connectivity index (χ3n) is 5.42. The maximum atomic E-state index is 12.2. The topological polar surface area (TPSA) is 95.2 Å². The molecule has 153 valence electrons. The van der Waals surface area contributed by atoms with Gasteiger partial charge in [0.25, 0.3) is 5.88 Å². The van der Waals surface area contributed by atoms with Gasteiger partial charge in [0.05, 0.1) is 6.20 Å². The molecule has 0 saturated heterocycles. The minimum absolute atomic E-state index is 0.0143. The van der Waals surface area contributed by atoms with E-state index in [-0.39, 0.29) is 35.2 Å². The van der Waals surface area contributed by atoms with Crippen LogP contribution in [0.4, 0.5) is 5.69 Å². The minimum Gasteiger partial charge on any atom is -0.469 e. The molecule has 1 aliphatic rings. The first-order valence-electron chi connectivity index (χ1n) is 10.4. The second kappa shape index (κ2) is 10.4. The second-order valence-electron chi connectivity index (χ2n) is 7.25. The zero-order valence-corrected chi connectivity index (χ0v) is 18.2. The van der Waals surface area contributed by atoms with E-state index in [0.29, 0.717) is 23.9 Å². The van der Waals surface area contributed by atoms with E-state index >= 15 is 0 Å². The van der Waals surface area contributed by atoms with Gasteiger partial charge in [-0.2, -0.15) is 4.98 Å². The monoisotopic (exact) mass is 427 g/mol. The summed E-state index contributed by atoms with van der Waals surface area (Å²) >= 11 is 0. The number of allylic oxidation sites excluding steroid dienone is 1. The molecule has 1 heterocycles. The first-order valence-corrected chi connectivity index (χ1v) is 12.2. The summed E-state index contributed by atoms with van der Waals surface area (Å²) in [5.74, 6) is 1.25. The van der Waals surface area contributed by atoms with Crippen LogP contribution in [0.2, 0.25) is 0 Å². The van der Waals surface area contributed by atoms with Gasteiger partial charge in [0.15, 0.2) is 0 Å². The summed E-state index contributed by atoms with van der Waals surface area (Å²) < 4.78 is 33.3. The molecule has 10 heteroatoms. The molecule has 0 aliphatic heterocycles. The number of hydrogen-bond donors (Lipinski definition) is 0. The van der Waals surface area contributed by atoms with E-state index in [0.717, 1.165) is 26.8 Å². The van der Waals surface area contributed by atoms with Crippen LogP contribution in [0, 0.1) is 41.7 Å². The molecule has 1 aromatic heterocycles. The van der Waals surface area contributed by atoms with Crippen LogP contribution in [0.3, 0.4) is 0 Å². The van der Waals surface area contributed by atoms with Crippen LogP contribution in [-0.4, -0.2) is 41.1 Å². The van der Waals surface area contributed by atoms with Crippen LogP contribution < -0.4 is 4.74 Å². The molecule has 7 nitrogen and oxygen atoms in total. The Morgan fingerprint density at radius 2 is 2.29 bits per heavy atom. The van der Waals surface area contributed by atoms with E-state index in [9.17, 15) is 14.3 Å². The lowest BCUT2D eigenvalue weighted by atomic mass is 9.92. The zero-order chi connectivity index (χ0) is 22.4. The van der Waals surface area contributed by atoms with Gasteiger partial charge in [-0.25, -0.2) is 4.98 Å². The Morgan fingerprint density at radius 1 is 1.54 bits per heavy atom. The summed E-state index contributed by atoms with van der Waals surface area (Å²) in [5, 5.41) is 11.6. The molecule has 0 amide bonds. The van der Waals surface area contributed by atoms with Gasteiger partial charge in [0.2, 0.25) is 0 Å². The lowest BCUT2D eigenvalue weighted by molar-refractivity contribution is -0.387. The third kappa shape index (κ3) is 5.60. The van der Waals surface area contributed by atoms with Crippen LogP contribution in [0.1, 0.15) is 44.1 Å². The van der Waals surface area contributed by atoms with Crippen molar-refractivity contribution < 1.29 is 13.9 Å². The maximum Gasteiger partial charge on any atom is 0.351 e. The Balaban J connectivity index is 2.27. The summed E-state index contributed by atoms with van der Waals surface area (Å²) in [6.45, 7) is 9.11. The van der Waals surface area contributed by atoms with Crippen molar-refractivity contribution in [1.82, 2.24) is 9.97 Å². The summed E-state index contributed by atoms with van der Waals surface area (Å²) in [4.78, 5) is 19.4. The Kier molecular flexibility index (Phi) is 7.44. The third-order valence-corrected chi connectivity index (χ3v) is 7.50. The van der Waals surface area contributed by atoms with Gasteiger partial charge in [-0.05, 0) is 58.6 Å². The highest BCUT2D eigenvalue weighted by Crippen LogP contribution is 2.44. The quantitative estimate of drug-likeness (QED) is 0.176. The van der Waals surface area contributed by atoms with Gasteiger partial charge in [-0.1, -0.05) is 20.6 Å². The van der Waals surface area contributed by atoms with Crippen molar-refractivity contribution in [3.8, 4) is 5.88 Å². The van der Waals surface area contributed by atoms with Crippen LogP contribution >= 0.6 is 7.61 Å². The molecule has 0 bridgehead atoms. The van der Waals surface area contributed by atoms with Crippen LogP contribution in [-0.2, 0) is 10.4 Å². The Bertz CT molecular complexity index is 807. The molecule has 1 fully saturated rings. The van der Waals surface area contributed by atoms with Crippen molar-refractivity contribution in [1.29, 1.82) is 2.61 Å². The number of nitro groups is 1. The van der Waals surface area contributed by atoms with Crippen molar-refractivity contribution in [3.05, 3.63) is 34.3 Å². The van der Waals surface area contributed by atoms with Crippen molar-refractivity contribution in [3.63, 3.8) is 0 Å². The number of ether oxygens (including phenoxy) is 1. The maximum absolute atomic E-state index is 12.2. The summed E-state index contributed by atoms with van der Waals surface area (Å²) in [6, 6.07) is 0. The van der Waals surface area contributed by atoms with Crippen LogP contribution in [0.5, 0.6) is 5.88 Å². The van der Waals surface area contributed by atoms with Crippen LogP contribution in [0.25, 0.3) is 0 Å². The molecule has 2 rings (SSSR count). The molecule has 2 unspecified atom stereocenters. The van der Waals surface area contributed by atoms with Gasteiger partial charge >= 0.3 is 5.69 Å². The molecular formula is C18H28BN3O4PS. The molecule has 0 aromatic carbocycles. The second-order valence-corrected chi connectivity index (χ2v) is 10.4. The number of aromatic nitrogens is 2.